The molecule has 1 aliphatic heterocycles. The zero-order chi connectivity index (χ0) is 15.5. The van der Waals surface area contributed by atoms with E-state index in [2.05, 4.69) is 5.32 Å². The van der Waals surface area contributed by atoms with Crippen molar-refractivity contribution in [2.75, 3.05) is 7.05 Å². The number of benzene rings is 1. The molecule has 1 saturated heterocycles. The third-order valence-corrected chi connectivity index (χ3v) is 6.22. The summed E-state index contributed by atoms with van der Waals surface area (Å²) >= 11 is 0. The molecule has 2 unspecified atom stereocenters. The van der Waals surface area contributed by atoms with Crippen molar-refractivity contribution in [1.29, 1.82) is 0 Å². The molecule has 0 aromatic heterocycles. The third-order valence-electron chi connectivity index (χ3n) is 4.16. The lowest BCUT2D eigenvalue weighted by Crippen LogP contribution is -2.47. The van der Waals surface area contributed by atoms with Crippen LogP contribution in [0, 0.1) is 0 Å². The molecule has 0 saturated carbocycles. The highest BCUT2D eigenvalue weighted by atomic mass is 32.2. The summed E-state index contributed by atoms with van der Waals surface area (Å²) in [5.41, 5.74) is 1.98. The van der Waals surface area contributed by atoms with E-state index < -0.39 is 10.0 Å². The molecule has 0 bridgehead atoms. The summed E-state index contributed by atoms with van der Waals surface area (Å²) in [5.74, 6) is 0.0965. The molecule has 2 rings (SSSR count). The van der Waals surface area contributed by atoms with Crippen LogP contribution in [-0.2, 0) is 22.3 Å². The normalized spacial score (nSPS) is 24.1. The van der Waals surface area contributed by atoms with Crippen LogP contribution >= 0.6 is 0 Å². The Hall–Kier alpha value is -0.910. The molecular weight excluding hydrogens is 284 g/mol. The van der Waals surface area contributed by atoms with Gasteiger partial charge in [0.25, 0.3) is 0 Å². The summed E-state index contributed by atoms with van der Waals surface area (Å²) in [6.45, 7) is 4.79. The summed E-state index contributed by atoms with van der Waals surface area (Å²) in [6.07, 6.45) is 3.04. The molecule has 0 spiro atoms. The van der Waals surface area contributed by atoms with E-state index in [-0.39, 0.29) is 17.8 Å². The Morgan fingerprint density at radius 3 is 2.43 bits per heavy atom. The van der Waals surface area contributed by atoms with Crippen molar-refractivity contribution in [3.8, 4) is 0 Å². The second-order valence-electron chi connectivity index (χ2n) is 6.07. The fraction of sp³-hybridized carbons (Fsp3) is 0.625. The van der Waals surface area contributed by atoms with Gasteiger partial charge in [-0.05, 0) is 44.9 Å². The molecule has 118 valence electrons. The number of hydrogen-bond acceptors (Lipinski definition) is 3. The predicted molar refractivity (Wildman–Crippen MR) is 86.4 cm³/mol. The van der Waals surface area contributed by atoms with E-state index in [9.17, 15) is 8.42 Å². The van der Waals surface area contributed by atoms with Crippen LogP contribution < -0.4 is 5.32 Å². The first-order chi connectivity index (χ1) is 9.94. The monoisotopic (exact) mass is 310 g/mol. The Kier molecular flexibility index (Phi) is 5.41. The number of nitrogens with one attached hydrogen (secondary N) is 1. The van der Waals surface area contributed by atoms with Gasteiger partial charge in [-0.15, -0.1) is 0 Å². The van der Waals surface area contributed by atoms with E-state index >= 15 is 0 Å². The highest BCUT2D eigenvalue weighted by Crippen LogP contribution is 2.27. The summed E-state index contributed by atoms with van der Waals surface area (Å²) in [7, 11) is -1.36. The Morgan fingerprint density at radius 2 is 1.81 bits per heavy atom. The maximum Gasteiger partial charge on any atom is 0.218 e. The Morgan fingerprint density at radius 1 is 1.19 bits per heavy atom. The first-order valence-corrected chi connectivity index (χ1v) is 9.28. The largest absolute Gasteiger partial charge is 0.316 e. The smallest absolute Gasteiger partial charge is 0.218 e. The summed E-state index contributed by atoms with van der Waals surface area (Å²) in [4.78, 5) is 0. The van der Waals surface area contributed by atoms with E-state index in [0.717, 1.165) is 36.9 Å². The fourth-order valence-corrected chi connectivity index (χ4v) is 5.32. The number of rotatable bonds is 5. The Balaban J connectivity index is 2.18. The molecule has 1 heterocycles. The van der Waals surface area contributed by atoms with Crippen LogP contribution in [0.2, 0.25) is 0 Å². The van der Waals surface area contributed by atoms with Gasteiger partial charge in [0.15, 0.2) is 0 Å². The zero-order valence-electron chi connectivity index (χ0n) is 13.2. The molecule has 21 heavy (non-hydrogen) atoms. The average molecular weight is 310 g/mol. The van der Waals surface area contributed by atoms with Crippen molar-refractivity contribution >= 4 is 10.0 Å². The van der Waals surface area contributed by atoms with Crippen molar-refractivity contribution in [2.45, 2.75) is 57.5 Å². The molecule has 1 N–H and O–H groups in total. The van der Waals surface area contributed by atoms with Crippen LogP contribution in [0.25, 0.3) is 0 Å². The quantitative estimate of drug-likeness (QED) is 0.909. The molecule has 0 radical (unpaired) electrons. The lowest BCUT2D eigenvalue weighted by Gasteiger charge is -2.37. The minimum atomic E-state index is -3.25. The van der Waals surface area contributed by atoms with Gasteiger partial charge in [-0.1, -0.05) is 30.7 Å². The number of hydrogen-bond donors (Lipinski definition) is 1. The molecule has 1 fully saturated rings. The van der Waals surface area contributed by atoms with E-state index in [1.165, 1.54) is 0 Å². The van der Waals surface area contributed by atoms with Crippen molar-refractivity contribution in [3.63, 3.8) is 0 Å². The topological polar surface area (TPSA) is 49.4 Å². The van der Waals surface area contributed by atoms with Gasteiger partial charge in [-0.25, -0.2) is 8.42 Å². The molecule has 4 nitrogen and oxygen atoms in total. The van der Waals surface area contributed by atoms with Gasteiger partial charge in [0.1, 0.15) is 0 Å². The first kappa shape index (κ1) is 16.5. The molecule has 1 aliphatic rings. The molecular formula is C16H26N2O2S. The van der Waals surface area contributed by atoms with Crippen LogP contribution in [-0.4, -0.2) is 31.9 Å². The molecule has 1 aromatic rings. The maximum atomic E-state index is 12.8. The second-order valence-corrected chi connectivity index (χ2v) is 7.94. The molecule has 0 aliphatic carbocycles. The van der Waals surface area contributed by atoms with Gasteiger partial charge < -0.3 is 5.32 Å². The van der Waals surface area contributed by atoms with Crippen molar-refractivity contribution in [2.24, 2.45) is 0 Å². The lowest BCUT2D eigenvalue weighted by molar-refractivity contribution is 0.204. The van der Waals surface area contributed by atoms with Crippen molar-refractivity contribution in [3.05, 3.63) is 35.4 Å². The zero-order valence-corrected chi connectivity index (χ0v) is 14.0. The van der Waals surface area contributed by atoms with E-state index in [1.807, 2.05) is 45.2 Å². The van der Waals surface area contributed by atoms with Gasteiger partial charge in [0.2, 0.25) is 10.0 Å². The SMILES string of the molecule is CNCc1cccc(CS(=O)(=O)N2C(C)CCCC2C)c1. The van der Waals surface area contributed by atoms with Gasteiger partial charge in [-0.2, -0.15) is 4.31 Å². The van der Waals surface area contributed by atoms with Crippen LogP contribution in [0.5, 0.6) is 0 Å². The molecule has 5 heteroatoms. The lowest BCUT2D eigenvalue weighted by atomic mass is 10.0. The van der Waals surface area contributed by atoms with E-state index in [0.29, 0.717) is 0 Å². The summed E-state index contributed by atoms with van der Waals surface area (Å²) in [6, 6.07) is 8.04. The highest BCUT2D eigenvalue weighted by molar-refractivity contribution is 7.88. The van der Waals surface area contributed by atoms with E-state index in [1.54, 1.807) is 4.31 Å². The van der Waals surface area contributed by atoms with Crippen LogP contribution in [0.15, 0.2) is 24.3 Å². The van der Waals surface area contributed by atoms with Crippen LogP contribution in [0.4, 0.5) is 0 Å². The minimum absolute atomic E-state index is 0.0965. The standard InChI is InChI=1S/C16H26N2O2S/c1-13-6-4-7-14(2)18(13)21(19,20)12-16-9-5-8-15(10-16)11-17-3/h5,8-10,13-14,17H,4,6-7,11-12H2,1-3H3. The average Bonchev–Trinajstić information content (AvgIpc) is 2.38. The summed E-state index contributed by atoms with van der Waals surface area (Å²) < 4.78 is 27.2. The first-order valence-electron chi connectivity index (χ1n) is 7.67. The number of sulfonamides is 1. The Bertz CT molecular complexity index is 561. The van der Waals surface area contributed by atoms with Gasteiger partial charge in [0.05, 0.1) is 5.75 Å². The molecule has 1 aromatic carbocycles. The van der Waals surface area contributed by atoms with Gasteiger partial charge in [0, 0.05) is 18.6 Å². The summed E-state index contributed by atoms with van der Waals surface area (Å²) in [5, 5.41) is 3.09. The highest BCUT2D eigenvalue weighted by Gasteiger charge is 2.34. The van der Waals surface area contributed by atoms with Crippen molar-refractivity contribution < 1.29 is 8.42 Å². The van der Waals surface area contributed by atoms with Crippen LogP contribution in [0.3, 0.4) is 0 Å². The minimum Gasteiger partial charge on any atom is -0.316 e. The molecule has 2 atom stereocenters. The second kappa shape index (κ2) is 6.90. The van der Waals surface area contributed by atoms with E-state index in [4.69, 9.17) is 0 Å². The van der Waals surface area contributed by atoms with Gasteiger partial charge in [-0.3, -0.25) is 0 Å². The maximum absolute atomic E-state index is 12.8. The third kappa shape index (κ3) is 4.05. The fourth-order valence-electron chi connectivity index (χ4n) is 3.26. The number of piperidine rings is 1. The van der Waals surface area contributed by atoms with Gasteiger partial charge >= 0.3 is 0 Å². The number of nitrogens with zero attached hydrogens (tertiary/aromatic N) is 1. The molecule has 0 amide bonds. The predicted octanol–water partition coefficient (Wildman–Crippen LogP) is 2.50. The van der Waals surface area contributed by atoms with Crippen LogP contribution in [0.1, 0.15) is 44.2 Å². The van der Waals surface area contributed by atoms with Crippen molar-refractivity contribution in [1.82, 2.24) is 9.62 Å². The Labute approximate surface area is 128 Å².